The normalized spacial score (nSPS) is 21.3. The summed E-state index contributed by atoms with van der Waals surface area (Å²) in [7, 11) is 0. The lowest BCUT2D eigenvalue weighted by Crippen LogP contribution is -2.47. The number of para-hydroxylation sites is 1. The SMILES string of the molecule is O=C(C[C@H]1Cn2c(cc3ccccc32)C(=O)N1)NC1CCCCC1. The first kappa shape index (κ1) is 15.2. The molecule has 0 bridgehead atoms. The molecule has 5 heteroatoms. The van der Waals surface area contributed by atoms with Crippen LogP contribution in [0.4, 0.5) is 0 Å². The number of aromatic nitrogens is 1. The molecule has 1 aromatic carbocycles. The number of hydrogen-bond acceptors (Lipinski definition) is 2. The molecule has 1 aliphatic heterocycles. The molecule has 2 N–H and O–H groups in total. The van der Waals surface area contributed by atoms with Gasteiger partial charge in [0, 0.05) is 29.9 Å². The van der Waals surface area contributed by atoms with Crippen LogP contribution in [0.5, 0.6) is 0 Å². The van der Waals surface area contributed by atoms with Crippen LogP contribution in [0.25, 0.3) is 10.9 Å². The number of benzene rings is 1. The van der Waals surface area contributed by atoms with Gasteiger partial charge in [0.25, 0.3) is 5.91 Å². The zero-order valence-corrected chi connectivity index (χ0v) is 13.8. The summed E-state index contributed by atoms with van der Waals surface area (Å²) in [4.78, 5) is 24.7. The zero-order valence-electron chi connectivity index (χ0n) is 13.8. The molecule has 0 spiro atoms. The van der Waals surface area contributed by atoms with Crippen LogP contribution in [0.1, 0.15) is 49.0 Å². The van der Waals surface area contributed by atoms with Crippen molar-refractivity contribution in [2.45, 2.75) is 57.2 Å². The lowest BCUT2D eigenvalue weighted by Gasteiger charge is -2.27. The topological polar surface area (TPSA) is 63.1 Å². The second-order valence-corrected chi connectivity index (χ2v) is 6.98. The third-order valence-electron chi connectivity index (χ3n) is 5.18. The Balaban J connectivity index is 1.46. The first-order chi connectivity index (χ1) is 11.7. The van der Waals surface area contributed by atoms with Crippen LogP contribution in [0.2, 0.25) is 0 Å². The second kappa shape index (κ2) is 6.30. The molecular weight excluding hydrogens is 302 g/mol. The zero-order chi connectivity index (χ0) is 16.5. The van der Waals surface area contributed by atoms with Crippen LogP contribution >= 0.6 is 0 Å². The maximum atomic E-state index is 12.4. The van der Waals surface area contributed by atoms with Gasteiger partial charge in [-0.15, -0.1) is 0 Å². The van der Waals surface area contributed by atoms with E-state index in [0.717, 1.165) is 23.7 Å². The molecule has 0 unspecified atom stereocenters. The largest absolute Gasteiger partial charge is 0.353 e. The Morgan fingerprint density at radius 2 is 2.00 bits per heavy atom. The first-order valence-electron chi connectivity index (χ1n) is 8.89. The maximum absolute atomic E-state index is 12.4. The van der Waals surface area contributed by atoms with Gasteiger partial charge in [-0.25, -0.2) is 0 Å². The number of carbonyl (C=O) groups excluding carboxylic acids is 2. The van der Waals surface area contributed by atoms with Gasteiger partial charge >= 0.3 is 0 Å². The number of amides is 2. The number of nitrogens with one attached hydrogen (secondary N) is 2. The van der Waals surface area contributed by atoms with Crippen molar-refractivity contribution >= 4 is 22.7 Å². The number of hydrogen-bond donors (Lipinski definition) is 2. The standard InChI is InChI=1S/C19H23N3O2/c23-18(20-14-7-2-1-3-8-14)11-15-12-22-16-9-5-4-6-13(16)10-17(22)19(24)21-15/h4-6,9-10,14-15H,1-3,7-8,11-12H2,(H,20,23)(H,21,24)/t15-/m0/s1. The van der Waals surface area contributed by atoms with E-state index >= 15 is 0 Å². The molecule has 2 heterocycles. The van der Waals surface area contributed by atoms with Crippen molar-refractivity contribution in [1.29, 1.82) is 0 Å². The molecule has 126 valence electrons. The summed E-state index contributed by atoms with van der Waals surface area (Å²) in [5.74, 6) is -0.0416. The average Bonchev–Trinajstić information content (AvgIpc) is 2.95. The summed E-state index contributed by atoms with van der Waals surface area (Å²) < 4.78 is 2.03. The van der Waals surface area contributed by atoms with Crippen molar-refractivity contribution in [2.24, 2.45) is 0 Å². The van der Waals surface area contributed by atoms with E-state index in [9.17, 15) is 9.59 Å². The van der Waals surface area contributed by atoms with Crippen LogP contribution in [0.3, 0.4) is 0 Å². The predicted octanol–water partition coefficient (Wildman–Crippen LogP) is 2.59. The van der Waals surface area contributed by atoms with E-state index in [4.69, 9.17) is 0 Å². The molecule has 2 amide bonds. The highest BCUT2D eigenvalue weighted by molar-refractivity contribution is 6.00. The third-order valence-corrected chi connectivity index (χ3v) is 5.18. The molecular formula is C19H23N3O2. The number of carbonyl (C=O) groups is 2. The van der Waals surface area contributed by atoms with Crippen LogP contribution < -0.4 is 10.6 Å². The Morgan fingerprint density at radius 1 is 1.21 bits per heavy atom. The van der Waals surface area contributed by atoms with Gasteiger partial charge in [-0.3, -0.25) is 9.59 Å². The van der Waals surface area contributed by atoms with Crippen molar-refractivity contribution in [3.05, 3.63) is 36.0 Å². The van der Waals surface area contributed by atoms with Crippen molar-refractivity contribution in [2.75, 3.05) is 0 Å². The van der Waals surface area contributed by atoms with Crippen LogP contribution in [-0.4, -0.2) is 28.5 Å². The lowest BCUT2D eigenvalue weighted by atomic mass is 9.95. The van der Waals surface area contributed by atoms with Gasteiger partial charge in [-0.05, 0) is 25.0 Å². The van der Waals surface area contributed by atoms with Gasteiger partial charge in [0.15, 0.2) is 0 Å². The monoisotopic (exact) mass is 325 g/mol. The summed E-state index contributed by atoms with van der Waals surface area (Å²) >= 11 is 0. The summed E-state index contributed by atoms with van der Waals surface area (Å²) in [5, 5.41) is 7.18. The molecule has 0 saturated heterocycles. The Morgan fingerprint density at radius 3 is 2.83 bits per heavy atom. The quantitative estimate of drug-likeness (QED) is 0.911. The minimum atomic E-state index is -0.149. The van der Waals surface area contributed by atoms with Crippen molar-refractivity contribution in [3.63, 3.8) is 0 Å². The fourth-order valence-electron chi connectivity index (χ4n) is 3.99. The molecule has 24 heavy (non-hydrogen) atoms. The van der Waals surface area contributed by atoms with E-state index in [1.807, 2.05) is 34.9 Å². The Labute approximate surface area is 141 Å². The molecule has 5 nitrogen and oxygen atoms in total. The van der Waals surface area contributed by atoms with E-state index in [1.165, 1.54) is 19.3 Å². The van der Waals surface area contributed by atoms with E-state index in [1.54, 1.807) is 0 Å². The molecule has 1 atom stereocenters. The van der Waals surface area contributed by atoms with Gasteiger partial charge in [-0.1, -0.05) is 37.5 Å². The van der Waals surface area contributed by atoms with Gasteiger partial charge in [-0.2, -0.15) is 0 Å². The molecule has 2 aromatic rings. The number of rotatable bonds is 3. The van der Waals surface area contributed by atoms with Gasteiger partial charge in [0.2, 0.25) is 5.91 Å². The highest BCUT2D eigenvalue weighted by Crippen LogP contribution is 2.23. The summed E-state index contributed by atoms with van der Waals surface area (Å²) in [6.07, 6.45) is 6.17. The molecule has 1 fully saturated rings. The molecule has 1 aromatic heterocycles. The Bertz CT molecular complexity index is 774. The highest BCUT2D eigenvalue weighted by Gasteiger charge is 2.28. The Hall–Kier alpha value is -2.30. The molecule has 0 radical (unpaired) electrons. The van der Waals surface area contributed by atoms with Crippen LogP contribution in [0, 0.1) is 0 Å². The fourth-order valence-corrected chi connectivity index (χ4v) is 3.99. The van der Waals surface area contributed by atoms with Crippen molar-refractivity contribution in [1.82, 2.24) is 15.2 Å². The van der Waals surface area contributed by atoms with Gasteiger partial charge in [0.05, 0.1) is 6.04 Å². The predicted molar refractivity (Wildman–Crippen MR) is 92.8 cm³/mol. The fraction of sp³-hybridized carbons (Fsp3) is 0.474. The first-order valence-corrected chi connectivity index (χ1v) is 8.89. The summed E-state index contributed by atoms with van der Waals surface area (Å²) in [5.41, 5.74) is 1.74. The summed E-state index contributed by atoms with van der Waals surface area (Å²) in [6.45, 7) is 0.646. The average molecular weight is 325 g/mol. The minimum absolute atomic E-state index is 0.0483. The second-order valence-electron chi connectivity index (χ2n) is 6.98. The van der Waals surface area contributed by atoms with E-state index < -0.39 is 0 Å². The highest BCUT2D eigenvalue weighted by atomic mass is 16.2. The number of nitrogens with zero attached hydrogens (tertiary/aromatic N) is 1. The van der Waals surface area contributed by atoms with E-state index in [-0.39, 0.29) is 17.9 Å². The van der Waals surface area contributed by atoms with Crippen molar-refractivity contribution < 1.29 is 9.59 Å². The molecule has 1 aliphatic carbocycles. The van der Waals surface area contributed by atoms with Crippen molar-refractivity contribution in [3.8, 4) is 0 Å². The van der Waals surface area contributed by atoms with Crippen LogP contribution in [0.15, 0.2) is 30.3 Å². The van der Waals surface area contributed by atoms with Gasteiger partial charge < -0.3 is 15.2 Å². The third kappa shape index (κ3) is 2.90. The molecule has 2 aliphatic rings. The maximum Gasteiger partial charge on any atom is 0.268 e. The summed E-state index contributed by atoms with van der Waals surface area (Å²) in [6, 6.07) is 10.1. The van der Waals surface area contributed by atoms with E-state index in [0.29, 0.717) is 24.7 Å². The smallest absolute Gasteiger partial charge is 0.268 e. The van der Waals surface area contributed by atoms with Crippen LogP contribution in [-0.2, 0) is 11.3 Å². The van der Waals surface area contributed by atoms with Gasteiger partial charge in [0.1, 0.15) is 5.69 Å². The lowest BCUT2D eigenvalue weighted by molar-refractivity contribution is -0.122. The minimum Gasteiger partial charge on any atom is -0.353 e. The number of fused-ring (bicyclic) bond motifs is 3. The molecule has 1 saturated carbocycles. The molecule has 4 rings (SSSR count). The Kier molecular flexibility index (Phi) is 4.00. The van der Waals surface area contributed by atoms with E-state index in [2.05, 4.69) is 10.6 Å².